The van der Waals surface area contributed by atoms with E-state index < -0.39 is 0 Å². The third-order valence-electron chi connectivity index (χ3n) is 4.90. The molecular formula is C24H33NO3. The number of hydrogen-bond donors (Lipinski definition) is 0. The highest BCUT2D eigenvalue weighted by atomic mass is 16.5. The van der Waals surface area contributed by atoms with Gasteiger partial charge >= 0.3 is 5.97 Å². The molecule has 0 amide bonds. The summed E-state index contributed by atoms with van der Waals surface area (Å²) >= 11 is 0. The lowest BCUT2D eigenvalue weighted by Gasteiger charge is -2.15. The van der Waals surface area contributed by atoms with Gasteiger partial charge in [-0.25, -0.2) is 0 Å². The molecule has 4 heteroatoms. The lowest BCUT2D eigenvalue weighted by atomic mass is 10.0. The first-order chi connectivity index (χ1) is 13.7. The summed E-state index contributed by atoms with van der Waals surface area (Å²) in [6.07, 6.45) is 10.8. The highest BCUT2D eigenvalue weighted by Gasteiger charge is 2.15. The van der Waals surface area contributed by atoms with Crippen molar-refractivity contribution in [2.45, 2.75) is 65.7 Å². The number of carbonyl (C=O) groups is 1. The summed E-state index contributed by atoms with van der Waals surface area (Å²) in [5, 5.41) is 0. The minimum Gasteiger partial charge on any atom is -0.491 e. The van der Waals surface area contributed by atoms with Crippen molar-refractivity contribution < 1.29 is 14.3 Å². The van der Waals surface area contributed by atoms with Gasteiger partial charge in [0.05, 0.1) is 12.8 Å². The van der Waals surface area contributed by atoms with Gasteiger partial charge in [0.25, 0.3) is 0 Å². The fourth-order valence-corrected chi connectivity index (χ4v) is 2.98. The van der Waals surface area contributed by atoms with Crippen molar-refractivity contribution in [2.75, 3.05) is 6.61 Å². The lowest BCUT2D eigenvalue weighted by Crippen LogP contribution is -2.12. The molecule has 1 aromatic carbocycles. The summed E-state index contributed by atoms with van der Waals surface area (Å²) < 4.78 is 11.7. The Balaban J connectivity index is 2.09. The van der Waals surface area contributed by atoms with Gasteiger partial charge in [-0.15, -0.1) is 0 Å². The number of benzene rings is 1. The van der Waals surface area contributed by atoms with Crippen LogP contribution in [0.3, 0.4) is 0 Å². The third kappa shape index (κ3) is 6.99. The molecule has 0 N–H and O–H groups in total. The first-order valence-electron chi connectivity index (χ1n) is 10.5. The SMILES string of the molecule is CCCCCCCOc1cnccc1-c1ccccc1OC(=O)CC(C)CC. The van der Waals surface area contributed by atoms with Crippen molar-refractivity contribution >= 4 is 5.97 Å². The number of esters is 1. The van der Waals surface area contributed by atoms with Crippen LogP contribution in [-0.2, 0) is 4.79 Å². The smallest absolute Gasteiger partial charge is 0.311 e. The zero-order valence-corrected chi connectivity index (χ0v) is 17.4. The second-order valence-corrected chi connectivity index (χ2v) is 7.32. The Bertz CT molecular complexity index is 729. The van der Waals surface area contributed by atoms with E-state index in [-0.39, 0.29) is 5.97 Å². The molecule has 1 atom stereocenters. The van der Waals surface area contributed by atoms with Crippen molar-refractivity contribution in [1.82, 2.24) is 4.98 Å². The van der Waals surface area contributed by atoms with Gasteiger partial charge in [0.2, 0.25) is 0 Å². The fraction of sp³-hybridized carbons (Fsp3) is 0.500. The van der Waals surface area contributed by atoms with Crippen molar-refractivity contribution in [3.05, 3.63) is 42.7 Å². The van der Waals surface area contributed by atoms with Gasteiger partial charge in [-0.05, 0) is 24.5 Å². The molecule has 1 heterocycles. The molecule has 28 heavy (non-hydrogen) atoms. The molecular weight excluding hydrogens is 350 g/mol. The minimum absolute atomic E-state index is 0.200. The predicted octanol–water partition coefficient (Wildman–Crippen LogP) is 6.44. The third-order valence-corrected chi connectivity index (χ3v) is 4.90. The molecule has 0 fully saturated rings. The number of hydrogen-bond acceptors (Lipinski definition) is 4. The van der Waals surface area contributed by atoms with E-state index in [9.17, 15) is 4.79 Å². The molecule has 0 spiro atoms. The zero-order valence-electron chi connectivity index (χ0n) is 17.4. The molecule has 0 saturated carbocycles. The summed E-state index contributed by atoms with van der Waals surface area (Å²) in [6, 6.07) is 9.52. The van der Waals surface area contributed by atoms with Crippen LogP contribution in [0, 0.1) is 5.92 Å². The van der Waals surface area contributed by atoms with Crippen LogP contribution in [0.25, 0.3) is 11.1 Å². The molecule has 1 unspecified atom stereocenters. The number of carbonyl (C=O) groups excluding carboxylic acids is 1. The van der Waals surface area contributed by atoms with Gasteiger partial charge in [0.1, 0.15) is 11.5 Å². The topological polar surface area (TPSA) is 48.4 Å². The standard InChI is InChI=1S/C24H33NO3/c1-4-6-7-8-11-16-27-23-18-25-15-14-21(23)20-12-9-10-13-22(20)28-24(26)17-19(3)5-2/h9-10,12-15,18-19H,4-8,11,16-17H2,1-3H3. The molecule has 0 aliphatic carbocycles. The zero-order chi connectivity index (χ0) is 20.2. The fourth-order valence-electron chi connectivity index (χ4n) is 2.98. The van der Waals surface area contributed by atoms with Gasteiger partial charge in [-0.2, -0.15) is 0 Å². The Morgan fingerprint density at radius 2 is 1.75 bits per heavy atom. The Labute approximate surface area is 169 Å². The normalized spacial score (nSPS) is 11.8. The number of ether oxygens (including phenoxy) is 2. The van der Waals surface area contributed by atoms with Crippen LogP contribution >= 0.6 is 0 Å². The van der Waals surface area contributed by atoms with Crippen LogP contribution in [0.2, 0.25) is 0 Å². The van der Waals surface area contributed by atoms with Crippen molar-refractivity contribution in [3.63, 3.8) is 0 Å². The largest absolute Gasteiger partial charge is 0.491 e. The van der Waals surface area contributed by atoms with E-state index in [1.807, 2.05) is 30.3 Å². The van der Waals surface area contributed by atoms with E-state index in [1.54, 1.807) is 12.4 Å². The van der Waals surface area contributed by atoms with Crippen LogP contribution in [-0.4, -0.2) is 17.6 Å². The highest BCUT2D eigenvalue weighted by molar-refractivity contribution is 5.80. The first-order valence-corrected chi connectivity index (χ1v) is 10.5. The van der Waals surface area contributed by atoms with E-state index in [4.69, 9.17) is 9.47 Å². The Morgan fingerprint density at radius 1 is 1.00 bits per heavy atom. The second kappa shape index (κ2) is 12.2. The summed E-state index contributed by atoms with van der Waals surface area (Å²) in [5.41, 5.74) is 1.75. The number of unbranched alkanes of at least 4 members (excludes halogenated alkanes) is 4. The van der Waals surface area contributed by atoms with Gasteiger partial charge in [-0.1, -0.05) is 71.1 Å². The van der Waals surface area contributed by atoms with Crippen molar-refractivity contribution in [2.24, 2.45) is 5.92 Å². The van der Waals surface area contributed by atoms with E-state index in [0.717, 1.165) is 29.7 Å². The molecule has 0 aliphatic rings. The molecule has 0 bridgehead atoms. The quantitative estimate of drug-likeness (QED) is 0.240. The van der Waals surface area contributed by atoms with E-state index in [1.165, 1.54) is 25.7 Å². The minimum atomic E-state index is -0.200. The molecule has 2 aromatic rings. The van der Waals surface area contributed by atoms with Crippen molar-refractivity contribution in [1.29, 1.82) is 0 Å². The first kappa shape index (κ1) is 21.9. The van der Waals surface area contributed by atoms with E-state index in [2.05, 4.69) is 25.8 Å². The molecule has 2 rings (SSSR count). The number of para-hydroxylation sites is 1. The highest BCUT2D eigenvalue weighted by Crippen LogP contribution is 2.36. The van der Waals surface area contributed by atoms with Gasteiger partial charge in [-0.3, -0.25) is 9.78 Å². The Hall–Kier alpha value is -2.36. The van der Waals surface area contributed by atoms with Crippen LogP contribution in [0.5, 0.6) is 11.5 Å². The van der Waals surface area contributed by atoms with E-state index >= 15 is 0 Å². The van der Waals surface area contributed by atoms with Crippen LogP contribution < -0.4 is 9.47 Å². The predicted molar refractivity (Wildman–Crippen MR) is 114 cm³/mol. The molecule has 4 nitrogen and oxygen atoms in total. The molecule has 1 aromatic heterocycles. The van der Waals surface area contributed by atoms with Gasteiger partial charge in [0.15, 0.2) is 0 Å². The van der Waals surface area contributed by atoms with Gasteiger partial charge in [0, 0.05) is 23.7 Å². The van der Waals surface area contributed by atoms with Crippen LogP contribution in [0.15, 0.2) is 42.7 Å². The number of pyridine rings is 1. The number of rotatable bonds is 12. The van der Waals surface area contributed by atoms with Crippen LogP contribution in [0.4, 0.5) is 0 Å². The molecule has 152 valence electrons. The summed E-state index contributed by atoms with van der Waals surface area (Å²) in [4.78, 5) is 16.5. The van der Waals surface area contributed by atoms with E-state index in [0.29, 0.717) is 24.7 Å². The van der Waals surface area contributed by atoms with Crippen LogP contribution in [0.1, 0.15) is 65.7 Å². The molecule has 0 saturated heterocycles. The number of aromatic nitrogens is 1. The Morgan fingerprint density at radius 3 is 2.54 bits per heavy atom. The number of nitrogens with zero attached hydrogens (tertiary/aromatic N) is 1. The summed E-state index contributed by atoms with van der Waals surface area (Å²) in [7, 11) is 0. The van der Waals surface area contributed by atoms with Crippen molar-refractivity contribution in [3.8, 4) is 22.6 Å². The van der Waals surface area contributed by atoms with Gasteiger partial charge < -0.3 is 9.47 Å². The average molecular weight is 384 g/mol. The second-order valence-electron chi connectivity index (χ2n) is 7.32. The molecule has 0 aliphatic heterocycles. The maximum absolute atomic E-state index is 12.3. The maximum atomic E-state index is 12.3. The Kier molecular flexibility index (Phi) is 9.53. The summed E-state index contributed by atoms with van der Waals surface area (Å²) in [6.45, 7) is 7.02. The molecule has 0 radical (unpaired) electrons. The maximum Gasteiger partial charge on any atom is 0.311 e. The lowest BCUT2D eigenvalue weighted by molar-refractivity contribution is -0.135. The summed E-state index contributed by atoms with van der Waals surface area (Å²) in [5.74, 6) is 1.40. The monoisotopic (exact) mass is 383 g/mol. The average Bonchev–Trinajstić information content (AvgIpc) is 2.71.